The van der Waals surface area contributed by atoms with Crippen LogP contribution in [0.25, 0.3) is 0 Å². The van der Waals surface area contributed by atoms with Crippen molar-refractivity contribution >= 4 is 28.7 Å². The standard InChI is InChI=1S/C16H23N3O2S/c1-11-8-13(10-16(2,3)9-11)18-15(22)17-12-4-6-14(7-5-12)19(20)21/h4-7,11,13H,8-10H2,1-3H3,(H2,17,18,22). The van der Waals surface area contributed by atoms with Crippen LogP contribution in [0.2, 0.25) is 0 Å². The van der Waals surface area contributed by atoms with E-state index in [1.807, 2.05) is 0 Å². The van der Waals surface area contributed by atoms with Crippen LogP contribution in [0.5, 0.6) is 0 Å². The Labute approximate surface area is 136 Å². The summed E-state index contributed by atoms with van der Waals surface area (Å²) in [6, 6.07) is 6.64. The van der Waals surface area contributed by atoms with Crippen LogP contribution in [0, 0.1) is 21.4 Å². The van der Waals surface area contributed by atoms with Gasteiger partial charge in [0.05, 0.1) is 4.92 Å². The van der Waals surface area contributed by atoms with Crippen molar-refractivity contribution < 1.29 is 4.92 Å². The van der Waals surface area contributed by atoms with Gasteiger partial charge in [0.1, 0.15) is 0 Å². The number of anilines is 1. The molecule has 1 aromatic carbocycles. The van der Waals surface area contributed by atoms with Gasteiger partial charge in [-0.1, -0.05) is 20.8 Å². The number of nitrogens with zero attached hydrogens (tertiary/aromatic N) is 1. The van der Waals surface area contributed by atoms with Gasteiger partial charge in [-0.15, -0.1) is 0 Å². The molecule has 0 heterocycles. The van der Waals surface area contributed by atoms with Crippen LogP contribution in [0.15, 0.2) is 24.3 Å². The molecule has 2 unspecified atom stereocenters. The minimum absolute atomic E-state index is 0.0762. The highest BCUT2D eigenvalue weighted by Crippen LogP contribution is 2.38. The van der Waals surface area contributed by atoms with Crippen LogP contribution in [0.4, 0.5) is 11.4 Å². The first-order valence-electron chi connectivity index (χ1n) is 7.57. The molecule has 22 heavy (non-hydrogen) atoms. The lowest BCUT2D eigenvalue weighted by molar-refractivity contribution is -0.384. The van der Waals surface area contributed by atoms with Crippen molar-refractivity contribution in [2.75, 3.05) is 5.32 Å². The van der Waals surface area contributed by atoms with Gasteiger partial charge in [0.25, 0.3) is 5.69 Å². The van der Waals surface area contributed by atoms with E-state index in [1.165, 1.54) is 18.6 Å². The van der Waals surface area contributed by atoms with Crippen LogP contribution in [0.3, 0.4) is 0 Å². The van der Waals surface area contributed by atoms with E-state index in [-0.39, 0.29) is 5.69 Å². The normalized spacial score (nSPS) is 23.6. The maximum absolute atomic E-state index is 10.6. The van der Waals surface area contributed by atoms with Gasteiger partial charge in [0, 0.05) is 23.9 Å². The highest BCUT2D eigenvalue weighted by atomic mass is 32.1. The molecule has 1 aromatic rings. The first-order valence-corrected chi connectivity index (χ1v) is 7.98. The Morgan fingerprint density at radius 3 is 2.50 bits per heavy atom. The molecule has 1 fully saturated rings. The molecule has 0 saturated heterocycles. The summed E-state index contributed by atoms with van der Waals surface area (Å²) in [4.78, 5) is 10.2. The molecule has 2 N–H and O–H groups in total. The average molecular weight is 321 g/mol. The largest absolute Gasteiger partial charge is 0.360 e. The maximum atomic E-state index is 10.6. The Hall–Kier alpha value is -1.69. The third-order valence-electron chi connectivity index (χ3n) is 4.06. The molecule has 0 amide bonds. The van der Waals surface area contributed by atoms with Crippen molar-refractivity contribution in [1.29, 1.82) is 0 Å². The summed E-state index contributed by atoms with van der Waals surface area (Å²) in [7, 11) is 0. The number of non-ortho nitro benzene ring substituents is 1. The summed E-state index contributed by atoms with van der Waals surface area (Å²) in [5, 5.41) is 17.7. The van der Waals surface area contributed by atoms with E-state index in [0.717, 1.165) is 18.5 Å². The second kappa shape index (κ2) is 6.60. The van der Waals surface area contributed by atoms with Gasteiger partial charge in [-0.25, -0.2) is 0 Å². The highest BCUT2D eigenvalue weighted by Gasteiger charge is 2.32. The molecule has 0 aliphatic heterocycles. The molecule has 0 radical (unpaired) electrons. The van der Waals surface area contributed by atoms with Crippen molar-refractivity contribution in [3.63, 3.8) is 0 Å². The van der Waals surface area contributed by atoms with Gasteiger partial charge < -0.3 is 10.6 Å². The Bertz CT molecular complexity index is 557. The summed E-state index contributed by atoms with van der Waals surface area (Å²) in [6.45, 7) is 6.87. The van der Waals surface area contributed by atoms with Crippen LogP contribution in [0.1, 0.15) is 40.0 Å². The molecule has 0 aromatic heterocycles. The first kappa shape index (κ1) is 16.7. The molecule has 2 rings (SSSR count). The maximum Gasteiger partial charge on any atom is 0.269 e. The average Bonchev–Trinajstić information content (AvgIpc) is 2.36. The van der Waals surface area contributed by atoms with Gasteiger partial charge in [-0.3, -0.25) is 10.1 Å². The number of nitrogens with one attached hydrogen (secondary N) is 2. The summed E-state index contributed by atoms with van der Waals surface area (Å²) < 4.78 is 0. The van der Waals surface area contributed by atoms with Crippen LogP contribution >= 0.6 is 12.2 Å². The summed E-state index contributed by atoms with van der Waals surface area (Å²) in [5.41, 5.74) is 1.16. The van der Waals surface area contributed by atoms with Crippen molar-refractivity contribution in [3.05, 3.63) is 34.4 Å². The molecule has 120 valence electrons. The molecule has 0 spiro atoms. The van der Waals surface area contributed by atoms with E-state index in [4.69, 9.17) is 12.2 Å². The van der Waals surface area contributed by atoms with E-state index < -0.39 is 4.92 Å². The van der Waals surface area contributed by atoms with E-state index >= 15 is 0 Å². The van der Waals surface area contributed by atoms with Crippen molar-refractivity contribution in [3.8, 4) is 0 Å². The Morgan fingerprint density at radius 2 is 1.95 bits per heavy atom. The predicted molar refractivity (Wildman–Crippen MR) is 93.0 cm³/mol. The lowest BCUT2D eigenvalue weighted by atomic mass is 9.71. The van der Waals surface area contributed by atoms with Gasteiger partial charge in [-0.05, 0) is 54.9 Å². The second-order valence-corrected chi connectivity index (χ2v) is 7.42. The third-order valence-corrected chi connectivity index (χ3v) is 4.28. The zero-order valence-corrected chi connectivity index (χ0v) is 14.1. The quantitative estimate of drug-likeness (QED) is 0.498. The molecular formula is C16H23N3O2S. The number of benzene rings is 1. The topological polar surface area (TPSA) is 67.2 Å². The minimum atomic E-state index is -0.411. The molecular weight excluding hydrogens is 298 g/mol. The Morgan fingerprint density at radius 1 is 1.32 bits per heavy atom. The van der Waals surface area contributed by atoms with Gasteiger partial charge in [-0.2, -0.15) is 0 Å². The summed E-state index contributed by atoms with van der Waals surface area (Å²) in [6.07, 6.45) is 3.46. The molecule has 5 nitrogen and oxygen atoms in total. The third kappa shape index (κ3) is 4.66. The van der Waals surface area contributed by atoms with E-state index in [2.05, 4.69) is 31.4 Å². The summed E-state index contributed by atoms with van der Waals surface area (Å²) >= 11 is 5.36. The van der Waals surface area contributed by atoms with Gasteiger partial charge >= 0.3 is 0 Å². The van der Waals surface area contributed by atoms with Crippen LogP contribution in [-0.2, 0) is 0 Å². The van der Waals surface area contributed by atoms with Gasteiger partial charge in [0.2, 0.25) is 0 Å². The minimum Gasteiger partial charge on any atom is -0.360 e. The first-order chi connectivity index (χ1) is 10.2. The SMILES string of the molecule is CC1CC(NC(=S)Nc2ccc([N+](=O)[O-])cc2)CC(C)(C)C1. The lowest BCUT2D eigenvalue weighted by Gasteiger charge is -2.39. The number of nitro groups is 1. The number of nitro benzene ring substituents is 1. The Kier molecular flexibility index (Phi) is 5.01. The molecule has 0 bridgehead atoms. The van der Waals surface area contributed by atoms with E-state index in [9.17, 15) is 10.1 Å². The van der Waals surface area contributed by atoms with E-state index in [1.54, 1.807) is 12.1 Å². The smallest absolute Gasteiger partial charge is 0.269 e. The van der Waals surface area contributed by atoms with Crippen molar-refractivity contribution in [2.45, 2.75) is 46.1 Å². The monoisotopic (exact) mass is 321 g/mol. The number of thiocarbonyl (C=S) groups is 1. The molecule has 1 aliphatic carbocycles. The zero-order valence-electron chi connectivity index (χ0n) is 13.3. The predicted octanol–water partition coefficient (Wildman–Crippen LogP) is 4.10. The van der Waals surface area contributed by atoms with Crippen molar-refractivity contribution in [1.82, 2.24) is 5.32 Å². The molecule has 2 atom stereocenters. The van der Waals surface area contributed by atoms with Crippen LogP contribution in [-0.4, -0.2) is 16.1 Å². The fourth-order valence-corrected chi connectivity index (χ4v) is 3.76. The van der Waals surface area contributed by atoms with Crippen LogP contribution < -0.4 is 10.6 Å². The van der Waals surface area contributed by atoms with E-state index in [0.29, 0.717) is 22.5 Å². The Balaban J connectivity index is 1.91. The number of hydrogen-bond acceptors (Lipinski definition) is 3. The summed E-state index contributed by atoms with van der Waals surface area (Å²) in [5.74, 6) is 0.684. The second-order valence-electron chi connectivity index (χ2n) is 7.01. The molecule has 1 aliphatic rings. The fourth-order valence-electron chi connectivity index (χ4n) is 3.48. The molecule has 1 saturated carbocycles. The lowest BCUT2D eigenvalue weighted by Crippen LogP contribution is -2.44. The zero-order chi connectivity index (χ0) is 16.3. The van der Waals surface area contributed by atoms with Crippen molar-refractivity contribution in [2.24, 2.45) is 11.3 Å². The number of rotatable bonds is 3. The molecule has 6 heteroatoms. The fraction of sp³-hybridized carbons (Fsp3) is 0.562. The highest BCUT2D eigenvalue weighted by molar-refractivity contribution is 7.80. The van der Waals surface area contributed by atoms with Gasteiger partial charge in [0.15, 0.2) is 5.11 Å². The number of hydrogen-bond donors (Lipinski definition) is 2.